The van der Waals surface area contributed by atoms with Crippen LogP contribution in [0.5, 0.6) is 0 Å². The lowest BCUT2D eigenvalue weighted by molar-refractivity contribution is 0.584. The van der Waals surface area contributed by atoms with Gasteiger partial charge in [0.05, 0.1) is 5.69 Å². The Morgan fingerprint density at radius 3 is 2.69 bits per heavy atom. The van der Waals surface area contributed by atoms with Crippen molar-refractivity contribution >= 4 is 27.6 Å². The molecule has 1 rings (SSSR count). The Kier molecular flexibility index (Phi) is 4.63. The highest BCUT2D eigenvalue weighted by Crippen LogP contribution is 2.26. The average Bonchev–Trinajstić information content (AvgIpc) is 2.21. The molecule has 88 valence electrons. The first-order valence-corrected chi connectivity index (χ1v) is 5.30. The topological polar surface area (TPSA) is 62.4 Å². The van der Waals surface area contributed by atoms with Crippen LogP contribution in [-0.4, -0.2) is 12.5 Å². The number of anilines is 1. The highest BCUT2D eigenvalue weighted by Gasteiger charge is 2.10. The Balaban J connectivity index is 3.01. The van der Waals surface area contributed by atoms with Gasteiger partial charge in [0, 0.05) is 17.1 Å². The Morgan fingerprint density at radius 2 is 2.19 bits per heavy atom. The van der Waals surface area contributed by atoms with Crippen LogP contribution < -0.4 is 16.6 Å². The third-order valence-corrected chi connectivity index (χ3v) is 2.33. The van der Waals surface area contributed by atoms with Crippen molar-refractivity contribution in [3.8, 4) is 0 Å². The third-order valence-electron chi connectivity index (χ3n) is 1.70. The number of hydrogen-bond acceptors (Lipinski definition) is 2. The maximum atomic E-state index is 13.4. The van der Waals surface area contributed by atoms with Crippen molar-refractivity contribution in [3.63, 3.8) is 0 Å². The van der Waals surface area contributed by atoms with E-state index in [0.29, 0.717) is 6.54 Å². The molecule has 1 aromatic carbocycles. The normalized spacial score (nSPS) is 11.4. The summed E-state index contributed by atoms with van der Waals surface area (Å²) in [6.07, 6.45) is 0. The number of guanidine groups is 1. The van der Waals surface area contributed by atoms with Crippen molar-refractivity contribution in [2.24, 2.45) is 10.8 Å². The molecule has 0 aliphatic heterocycles. The van der Waals surface area contributed by atoms with E-state index in [2.05, 4.69) is 31.7 Å². The fourth-order valence-corrected chi connectivity index (χ4v) is 1.57. The van der Waals surface area contributed by atoms with Gasteiger partial charge in [0.25, 0.3) is 0 Å². The number of hydrazine groups is 1. The Hall–Kier alpha value is -1.21. The molecule has 0 atom stereocenters. The van der Waals surface area contributed by atoms with Crippen LogP contribution in [0.1, 0.15) is 6.92 Å². The van der Waals surface area contributed by atoms with E-state index in [1.807, 2.05) is 0 Å². The molecule has 0 amide bonds. The molecule has 4 nitrogen and oxygen atoms in total. The molecule has 1 aromatic rings. The SMILES string of the molecule is CCN=C(NN)Nc1c(F)cc(F)cc1Br. The molecule has 0 radical (unpaired) electrons. The number of nitrogens with zero attached hydrogens (tertiary/aromatic N) is 1. The predicted octanol–water partition coefficient (Wildman–Crippen LogP) is 1.98. The smallest absolute Gasteiger partial charge is 0.210 e. The Labute approximate surface area is 100 Å². The zero-order chi connectivity index (χ0) is 12.1. The first kappa shape index (κ1) is 12.9. The second-order valence-electron chi connectivity index (χ2n) is 2.84. The summed E-state index contributed by atoms with van der Waals surface area (Å²) in [6.45, 7) is 2.28. The second-order valence-corrected chi connectivity index (χ2v) is 3.69. The number of aliphatic imine (C=N–C) groups is 1. The van der Waals surface area contributed by atoms with Gasteiger partial charge >= 0.3 is 0 Å². The molecule has 0 fully saturated rings. The molecule has 0 aromatic heterocycles. The molecule has 0 spiro atoms. The average molecular weight is 293 g/mol. The Morgan fingerprint density at radius 1 is 1.50 bits per heavy atom. The quantitative estimate of drug-likeness (QED) is 0.338. The van der Waals surface area contributed by atoms with E-state index in [9.17, 15) is 8.78 Å². The lowest BCUT2D eigenvalue weighted by atomic mass is 10.3. The van der Waals surface area contributed by atoms with Gasteiger partial charge in [-0.15, -0.1) is 0 Å². The molecule has 4 N–H and O–H groups in total. The number of rotatable bonds is 2. The maximum absolute atomic E-state index is 13.4. The highest BCUT2D eigenvalue weighted by molar-refractivity contribution is 9.10. The van der Waals surface area contributed by atoms with Gasteiger partial charge in [0.1, 0.15) is 5.82 Å². The predicted molar refractivity (Wildman–Crippen MR) is 63.0 cm³/mol. The lowest BCUT2D eigenvalue weighted by Gasteiger charge is -2.11. The van der Waals surface area contributed by atoms with Gasteiger partial charge in [-0.3, -0.25) is 10.4 Å². The third kappa shape index (κ3) is 3.14. The van der Waals surface area contributed by atoms with E-state index >= 15 is 0 Å². The van der Waals surface area contributed by atoms with Crippen LogP contribution >= 0.6 is 15.9 Å². The van der Waals surface area contributed by atoms with Crippen LogP contribution in [0.3, 0.4) is 0 Å². The Bertz CT molecular complexity index is 385. The van der Waals surface area contributed by atoms with Crippen LogP contribution in [0.25, 0.3) is 0 Å². The van der Waals surface area contributed by atoms with E-state index in [4.69, 9.17) is 5.84 Å². The molecular formula is C9H11BrF2N4. The summed E-state index contributed by atoms with van der Waals surface area (Å²) >= 11 is 3.04. The number of halogens is 3. The van der Waals surface area contributed by atoms with Crippen molar-refractivity contribution in [1.29, 1.82) is 0 Å². The molecular weight excluding hydrogens is 282 g/mol. The zero-order valence-electron chi connectivity index (χ0n) is 8.52. The number of benzene rings is 1. The van der Waals surface area contributed by atoms with Crippen molar-refractivity contribution in [1.82, 2.24) is 5.43 Å². The summed E-state index contributed by atoms with van der Waals surface area (Å²) in [6, 6.07) is 1.92. The molecule has 0 saturated carbocycles. The molecule has 7 heteroatoms. The minimum Gasteiger partial charge on any atom is -0.322 e. The second kappa shape index (κ2) is 5.76. The molecule has 0 aliphatic carbocycles. The van der Waals surface area contributed by atoms with Crippen molar-refractivity contribution in [3.05, 3.63) is 28.2 Å². The fourth-order valence-electron chi connectivity index (χ4n) is 1.06. The summed E-state index contributed by atoms with van der Waals surface area (Å²) in [5.74, 6) is 3.99. The lowest BCUT2D eigenvalue weighted by Crippen LogP contribution is -2.36. The summed E-state index contributed by atoms with van der Waals surface area (Å²) < 4.78 is 26.5. The van der Waals surface area contributed by atoms with Crippen LogP contribution in [0.2, 0.25) is 0 Å². The number of hydrogen-bond donors (Lipinski definition) is 3. The van der Waals surface area contributed by atoms with Crippen LogP contribution in [0.4, 0.5) is 14.5 Å². The first-order chi connectivity index (χ1) is 7.58. The zero-order valence-corrected chi connectivity index (χ0v) is 10.1. The van der Waals surface area contributed by atoms with E-state index in [1.165, 1.54) is 0 Å². The van der Waals surface area contributed by atoms with E-state index in [1.54, 1.807) is 6.92 Å². The number of nitrogens with one attached hydrogen (secondary N) is 2. The van der Waals surface area contributed by atoms with Crippen molar-refractivity contribution < 1.29 is 8.78 Å². The largest absolute Gasteiger partial charge is 0.322 e. The van der Waals surface area contributed by atoms with Crippen molar-refractivity contribution in [2.45, 2.75) is 6.92 Å². The van der Waals surface area contributed by atoms with Crippen molar-refractivity contribution in [2.75, 3.05) is 11.9 Å². The van der Waals surface area contributed by atoms with Gasteiger partial charge in [0.15, 0.2) is 5.82 Å². The van der Waals surface area contributed by atoms with Gasteiger partial charge in [-0.2, -0.15) is 0 Å². The van der Waals surface area contributed by atoms with Gasteiger partial charge < -0.3 is 5.32 Å². The molecule has 0 aliphatic rings. The minimum atomic E-state index is -0.731. The van der Waals surface area contributed by atoms with E-state index < -0.39 is 11.6 Å². The van der Waals surface area contributed by atoms with E-state index in [0.717, 1.165) is 12.1 Å². The molecule has 0 heterocycles. The minimum absolute atomic E-state index is 0.0755. The summed E-state index contributed by atoms with van der Waals surface area (Å²) in [4.78, 5) is 3.93. The highest BCUT2D eigenvalue weighted by atomic mass is 79.9. The molecule has 16 heavy (non-hydrogen) atoms. The maximum Gasteiger partial charge on any atom is 0.210 e. The van der Waals surface area contributed by atoms with Gasteiger partial charge in [-0.25, -0.2) is 14.6 Å². The molecule has 0 saturated heterocycles. The molecule has 0 unspecified atom stereocenters. The standard InChI is InChI=1S/C9H11BrF2N4/c1-2-14-9(16-13)15-8-6(10)3-5(11)4-7(8)12/h3-4H,2,13H2,1H3,(H2,14,15,16). The first-order valence-electron chi connectivity index (χ1n) is 4.51. The van der Waals surface area contributed by atoms with Crippen LogP contribution in [0, 0.1) is 11.6 Å². The molecule has 0 bridgehead atoms. The summed E-state index contributed by atoms with van der Waals surface area (Å²) in [5.41, 5.74) is 2.35. The monoisotopic (exact) mass is 292 g/mol. The fraction of sp³-hybridized carbons (Fsp3) is 0.222. The van der Waals surface area contributed by atoms with Gasteiger partial charge in [0.2, 0.25) is 5.96 Å². The van der Waals surface area contributed by atoms with Gasteiger partial charge in [-0.1, -0.05) is 0 Å². The summed E-state index contributed by atoms with van der Waals surface area (Å²) in [7, 11) is 0. The van der Waals surface area contributed by atoms with Gasteiger partial charge in [-0.05, 0) is 28.9 Å². The van der Waals surface area contributed by atoms with E-state index in [-0.39, 0.29) is 16.1 Å². The number of nitrogens with two attached hydrogens (primary N) is 1. The van der Waals surface area contributed by atoms with Crippen LogP contribution in [-0.2, 0) is 0 Å². The summed E-state index contributed by atoms with van der Waals surface area (Å²) in [5, 5.41) is 2.62. The van der Waals surface area contributed by atoms with Crippen LogP contribution in [0.15, 0.2) is 21.6 Å².